The Morgan fingerprint density at radius 1 is 1.00 bits per heavy atom. The number of aryl methyl sites for hydroxylation is 2. The van der Waals surface area contributed by atoms with Crippen molar-refractivity contribution in [3.63, 3.8) is 0 Å². The first-order valence-corrected chi connectivity index (χ1v) is 6.65. The Morgan fingerprint density at radius 2 is 1.59 bits per heavy atom. The number of rotatable bonds is 5. The summed E-state index contributed by atoms with van der Waals surface area (Å²) < 4.78 is 5.65. The average molecular weight is 237 g/mol. The molecule has 0 saturated carbocycles. The number of hydrogen-bond donors (Lipinski definition) is 1. The lowest BCUT2D eigenvalue weighted by Crippen LogP contribution is -2.16. The van der Waals surface area contributed by atoms with Crippen molar-refractivity contribution in [3.05, 3.63) is 22.6 Å². The summed E-state index contributed by atoms with van der Waals surface area (Å²) in [5, 5.41) is 0. The van der Waals surface area contributed by atoms with Crippen LogP contribution in [0.1, 0.15) is 62.3 Å². The van der Waals surface area contributed by atoms with Gasteiger partial charge in [-0.2, -0.15) is 0 Å². The summed E-state index contributed by atoms with van der Waals surface area (Å²) in [5.74, 6) is 3.40. The third-order valence-corrected chi connectivity index (χ3v) is 3.52. The highest BCUT2D eigenvalue weighted by Crippen LogP contribution is 2.30. The second-order valence-electron chi connectivity index (χ2n) is 5.83. The van der Waals surface area contributed by atoms with Crippen LogP contribution < -0.4 is 5.73 Å². The number of nitrogens with two attached hydrogens (primary N) is 1. The molecule has 0 fully saturated rings. The van der Waals surface area contributed by atoms with E-state index in [9.17, 15) is 0 Å². The van der Waals surface area contributed by atoms with Crippen molar-refractivity contribution in [2.75, 3.05) is 0 Å². The van der Waals surface area contributed by atoms with Crippen LogP contribution in [0.4, 0.5) is 0 Å². The van der Waals surface area contributed by atoms with Crippen molar-refractivity contribution in [1.82, 2.24) is 0 Å². The normalized spacial score (nSPS) is 15.3. The van der Waals surface area contributed by atoms with Crippen LogP contribution in [0.3, 0.4) is 0 Å². The fraction of sp³-hybridized carbons (Fsp3) is 0.733. The maximum atomic E-state index is 6.33. The number of hydrogen-bond acceptors (Lipinski definition) is 2. The Balaban J connectivity index is 2.72. The minimum absolute atomic E-state index is 0.112. The second kappa shape index (κ2) is 5.72. The predicted molar refractivity (Wildman–Crippen MR) is 73.1 cm³/mol. The SMILES string of the molecule is Cc1oc(C)c(C(N)CC(C)CC(C)C)c1C. The van der Waals surface area contributed by atoms with Crippen molar-refractivity contribution in [2.24, 2.45) is 17.6 Å². The van der Waals surface area contributed by atoms with Crippen LogP contribution in [0, 0.1) is 32.6 Å². The van der Waals surface area contributed by atoms with Gasteiger partial charge in [-0.3, -0.25) is 0 Å². The molecule has 0 aliphatic carbocycles. The van der Waals surface area contributed by atoms with Crippen molar-refractivity contribution < 1.29 is 4.42 Å². The zero-order valence-electron chi connectivity index (χ0n) is 12.1. The summed E-state index contributed by atoms with van der Waals surface area (Å²) in [6.45, 7) is 12.9. The van der Waals surface area contributed by atoms with Crippen LogP contribution in [0.5, 0.6) is 0 Å². The van der Waals surface area contributed by atoms with Gasteiger partial charge in [-0.15, -0.1) is 0 Å². The highest BCUT2D eigenvalue weighted by molar-refractivity contribution is 5.33. The third-order valence-electron chi connectivity index (χ3n) is 3.52. The second-order valence-corrected chi connectivity index (χ2v) is 5.83. The van der Waals surface area contributed by atoms with Crippen LogP contribution in [0.2, 0.25) is 0 Å². The molecule has 0 saturated heterocycles. The molecular formula is C15H27NO. The molecule has 2 unspecified atom stereocenters. The van der Waals surface area contributed by atoms with E-state index in [1.807, 2.05) is 13.8 Å². The molecule has 0 radical (unpaired) electrons. The van der Waals surface area contributed by atoms with Gasteiger partial charge in [0.15, 0.2) is 0 Å². The Hall–Kier alpha value is -0.760. The van der Waals surface area contributed by atoms with E-state index in [4.69, 9.17) is 10.2 Å². The van der Waals surface area contributed by atoms with Crippen molar-refractivity contribution >= 4 is 0 Å². The van der Waals surface area contributed by atoms with Crippen LogP contribution in [0.25, 0.3) is 0 Å². The average Bonchev–Trinajstić information content (AvgIpc) is 2.39. The zero-order valence-corrected chi connectivity index (χ0v) is 12.1. The van der Waals surface area contributed by atoms with Gasteiger partial charge < -0.3 is 10.2 Å². The molecule has 0 aliphatic heterocycles. The quantitative estimate of drug-likeness (QED) is 0.830. The number of furan rings is 1. The lowest BCUT2D eigenvalue weighted by Gasteiger charge is -2.19. The maximum absolute atomic E-state index is 6.33. The van der Waals surface area contributed by atoms with E-state index in [0.717, 1.165) is 23.9 Å². The Morgan fingerprint density at radius 3 is 2.00 bits per heavy atom. The zero-order chi connectivity index (χ0) is 13.2. The van der Waals surface area contributed by atoms with E-state index in [0.29, 0.717) is 5.92 Å². The highest BCUT2D eigenvalue weighted by atomic mass is 16.3. The molecule has 1 aromatic rings. The molecule has 2 atom stereocenters. The first kappa shape index (κ1) is 14.3. The maximum Gasteiger partial charge on any atom is 0.106 e. The molecule has 2 N–H and O–H groups in total. The van der Waals surface area contributed by atoms with Crippen molar-refractivity contribution in [3.8, 4) is 0 Å². The molecule has 17 heavy (non-hydrogen) atoms. The molecule has 2 heteroatoms. The smallest absolute Gasteiger partial charge is 0.106 e. The lowest BCUT2D eigenvalue weighted by atomic mass is 9.89. The lowest BCUT2D eigenvalue weighted by molar-refractivity contribution is 0.385. The molecule has 2 nitrogen and oxygen atoms in total. The fourth-order valence-corrected chi connectivity index (χ4v) is 2.81. The van der Waals surface area contributed by atoms with E-state index in [2.05, 4.69) is 27.7 Å². The minimum Gasteiger partial charge on any atom is -0.466 e. The van der Waals surface area contributed by atoms with Crippen LogP contribution in [-0.4, -0.2) is 0 Å². The molecule has 0 aromatic carbocycles. The molecule has 1 heterocycles. The molecule has 1 aromatic heterocycles. The molecular weight excluding hydrogens is 210 g/mol. The van der Waals surface area contributed by atoms with E-state index in [-0.39, 0.29) is 6.04 Å². The van der Waals surface area contributed by atoms with Crippen molar-refractivity contribution in [1.29, 1.82) is 0 Å². The van der Waals surface area contributed by atoms with Crippen molar-refractivity contribution in [2.45, 2.75) is 60.4 Å². The molecule has 1 rings (SSSR count). The van der Waals surface area contributed by atoms with Gasteiger partial charge >= 0.3 is 0 Å². The van der Waals surface area contributed by atoms with Gasteiger partial charge in [-0.25, -0.2) is 0 Å². The summed E-state index contributed by atoms with van der Waals surface area (Å²) in [5.41, 5.74) is 8.78. The monoisotopic (exact) mass is 237 g/mol. The standard InChI is InChI=1S/C15H27NO/c1-9(2)7-10(3)8-14(16)15-11(4)12(5)17-13(15)6/h9-10,14H,7-8,16H2,1-6H3. The van der Waals surface area contributed by atoms with E-state index < -0.39 is 0 Å². The Labute approximate surface area is 106 Å². The summed E-state index contributed by atoms with van der Waals surface area (Å²) in [6.07, 6.45) is 2.28. The van der Waals surface area contributed by atoms with Gasteiger partial charge in [0, 0.05) is 11.6 Å². The largest absolute Gasteiger partial charge is 0.466 e. The van der Waals surface area contributed by atoms with Gasteiger partial charge in [-0.05, 0) is 51.0 Å². The third kappa shape index (κ3) is 3.60. The Kier molecular flexibility index (Phi) is 4.81. The highest BCUT2D eigenvalue weighted by Gasteiger charge is 2.20. The van der Waals surface area contributed by atoms with E-state index in [1.54, 1.807) is 0 Å². The Bertz CT molecular complexity index is 365. The summed E-state index contributed by atoms with van der Waals surface area (Å²) in [7, 11) is 0. The molecule has 0 spiro atoms. The molecule has 0 bridgehead atoms. The fourth-order valence-electron chi connectivity index (χ4n) is 2.81. The van der Waals surface area contributed by atoms with Gasteiger partial charge in [0.2, 0.25) is 0 Å². The van der Waals surface area contributed by atoms with E-state index in [1.165, 1.54) is 17.5 Å². The van der Waals surface area contributed by atoms with Crippen LogP contribution >= 0.6 is 0 Å². The van der Waals surface area contributed by atoms with Gasteiger partial charge in [-0.1, -0.05) is 20.8 Å². The summed E-state index contributed by atoms with van der Waals surface area (Å²) in [4.78, 5) is 0. The van der Waals surface area contributed by atoms with Gasteiger partial charge in [0.25, 0.3) is 0 Å². The summed E-state index contributed by atoms with van der Waals surface area (Å²) in [6, 6.07) is 0.112. The van der Waals surface area contributed by atoms with Gasteiger partial charge in [0.1, 0.15) is 11.5 Å². The van der Waals surface area contributed by atoms with Crippen LogP contribution in [0.15, 0.2) is 4.42 Å². The topological polar surface area (TPSA) is 39.2 Å². The first-order chi connectivity index (χ1) is 7.82. The van der Waals surface area contributed by atoms with E-state index >= 15 is 0 Å². The minimum atomic E-state index is 0.112. The molecule has 0 amide bonds. The molecule has 0 aliphatic rings. The first-order valence-electron chi connectivity index (χ1n) is 6.65. The predicted octanol–water partition coefficient (Wildman–Crippen LogP) is 4.28. The van der Waals surface area contributed by atoms with Gasteiger partial charge in [0.05, 0.1) is 0 Å². The summed E-state index contributed by atoms with van der Waals surface area (Å²) >= 11 is 0. The molecule has 98 valence electrons. The van der Waals surface area contributed by atoms with Crippen LogP contribution in [-0.2, 0) is 0 Å².